The van der Waals surface area contributed by atoms with Gasteiger partial charge in [-0.1, -0.05) is 0 Å². The first-order valence-electron chi connectivity index (χ1n) is 6.56. The third-order valence-electron chi connectivity index (χ3n) is 3.15. The van der Waals surface area contributed by atoms with Crippen LogP contribution in [0.4, 0.5) is 4.39 Å². The summed E-state index contributed by atoms with van der Waals surface area (Å²) in [5.41, 5.74) is 2.25. The van der Waals surface area contributed by atoms with Crippen LogP contribution in [0.15, 0.2) is 29.2 Å². The molecule has 21 heavy (non-hydrogen) atoms. The van der Waals surface area contributed by atoms with E-state index >= 15 is 0 Å². The molecule has 114 valence electrons. The molecule has 1 aromatic carbocycles. The molecule has 1 heterocycles. The Bertz CT molecular complexity index is 754. The normalized spacial score (nSPS) is 11.8. The molecule has 0 saturated heterocycles. The first-order chi connectivity index (χ1) is 9.79. The molecule has 0 radical (unpaired) electrons. The summed E-state index contributed by atoms with van der Waals surface area (Å²) in [5, 5.41) is 4.26. The summed E-state index contributed by atoms with van der Waals surface area (Å²) in [7, 11) is -3.64. The van der Waals surface area contributed by atoms with Crippen LogP contribution in [-0.2, 0) is 16.6 Å². The van der Waals surface area contributed by atoms with E-state index in [1.54, 1.807) is 11.6 Å². The number of aromatic nitrogens is 2. The summed E-state index contributed by atoms with van der Waals surface area (Å²) in [5.74, 6) is -0.450. The minimum absolute atomic E-state index is 0.0947. The summed E-state index contributed by atoms with van der Waals surface area (Å²) in [4.78, 5) is 0.0947. The second kappa shape index (κ2) is 5.95. The van der Waals surface area contributed by atoms with Gasteiger partial charge in [0, 0.05) is 12.2 Å². The Balaban J connectivity index is 2.06. The average molecular weight is 311 g/mol. The van der Waals surface area contributed by atoms with Crippen LogP contribution < -0.4 is 4.72 Å². The van der Waals surface area contributed by atoms with Crippen molar-refractivity contribution in [2.75, 3.05) is 6.54 Å². The van der Waals surface area contributed by atoms with Crippen LogP contribution in [0.3, 0.4) is 0 Å². The van der Waals surface area contributed by atoms with E-state index in [0.717, 1.165) is 17.5 Å². The molecule has 0 aliphatic heterocycles. The summed E-state index contributed by atoms with van der Waals surface area (Å²) in [6.45, 7) is 6.03. The molecule has 0 aliphatic carbocycles. The van der Waals surface area contributed by atoms with Crippen molar-refractivity contribution in [3.05, 3.63) is 47.0 Å². The van der Waals surface area contributed by atoms with Gasteiger partial charge in [0.15, 0.2) is 0 Å². The molecule has 1 N–H and O–H groups in total. The molecule has 0 unspecified atom stereocenters. The van der Waals surface area contributed by atoms with Crippen LogP contribution in [-0.4, -0.2) is 24.7 Å². The molecular weight excluding hydrogens is 293 g/mol. The average Bonchev–Trinajstić information content (AvgIpc) is 2.67. The largest absolute Gasteiger partial charge is 0.268 e. The van der Waals surface area contributed by atoms with Crippen molar-refractivity contribution in [3.8, 4) is 0 Å². The van der Waals surface area contributed by atoms with Gasteiger partial charge in [0.05, 0.1) is 17.1 Å². The molecule has 0 fully saturated rings. The van der Waals surface area contributed by atoms with Crippen LogP contribution in [0.2, 0.25) is 0 Å². The van der Waals surface area contributed by atoms with Crippen molar-refractivity contribution >= 4 is 10.0 Å². The molecule has 1 aromatic heterocycles. The van der Waals surface area contributed by atoms with E-state index in [1.165, 1.54) is 12.1 Å². The molecule has 2 aromatic rings. The van der Waals surface area contributed by atoms with Gasteiger partial charge in [0.2, 0.25) is 10.0 Å². The van der Waals surface area contributed by atoms with Gasteiger partial charge in [-0.15, -0.1) is 0 Å². The Kier molecular flexibility index (Phi) is 4.43. The van der Waals surface area contributed by atoms with E-state index in [9.17, 15) is 12.8 Å². The Labute approximate surface area is 123 Å². The van der Waals surface area contributed by atoms with Gasteiger partial charge in [-0.2, -0.15) is 5.10 Å². The zero-order valence-corrected chi connectivity index (χ0v) is 13.0. The van der Waals surface area contributed by atoms with E-state index in [-0.39, 0.29) is 11.4 Å². The molecule has 0 spiro atoms. The van der Waals surface area contributed by atoms with Crippen LogP contribution in [0.1, 0.15) is 17.0 Å². The highest BCUT2D eigenvalue weighted by atomic mass is 32.2. The Morgan fingerprint density at radius 2 is 1.95 bits per heavy atom. The molecule has 7 heteroatoms. The third kappa shape index (κ3) is 3.68. The minimum Gasteiger partial charge on any atom is -0.268 e. The van der Waals surface area contributed by atoms with E-state index in [1.807, 2.05) is 19.9 Å². The molecule has 2 rings (SSSR count). The molecule has 0 bridgehead atoms. The zero-order chi connectivity index (χ0) is 15.6. The van der Waals surface area contributed by atoms with Gasteiger partial charge in [-0.25, -0.2) is 17.5 Å². The topological polar surface area (TPSA) is 64.0 Å². The maximum atomic E-state index is 13.0. The molecular formula is C14H18FN3O2S. The number of nitrogens with one attached hydrogen (secondary N) is 1. The lowest BCUT2D eigenvalue weighted by Gasteiger charge is -2.10. The van der Waals surface area contributed by atoms with Crippen molar-refractivity contribution in [2.24, 2.45) is 0 Å². The monoisotopic (exact) mass is 311 g/mol. The summed E-state index contributed by atoms with van der Waals surface area (Å²) in [6, 6.07) is 5.55. The fraction of sp³-hybridized carbons (Fsp3) is 0.357. The number of halogens is 1. The maximum absolute atomic E-state index is 13.0. The third-order valence-corrected chi connectivity index (χ3v) is 4.77. The summed E-state index contributed by atoms with van der Waals surface area (Å²) in [6.07, 6.45) is 0. The highest BCUT2D eigenvalue weighted by molar-refractivity contribution is 7.89. The van der Waals surface area contributed by atoms with E-state index in [4.69, 9.17) is 0 Å². The maximum Gasteiger partial charge on any atom is 0.240 e. The quantitative estimate of drug-likeness (QED) is 0.917. The van der Waals surface area contributed by atoms with Gasteiger partial charge in [0.25, 0.3) is 0 Å². The fourth-order valence-electron chi connectivity index (χ4n) is 2.18. The first-order valence-corrected chi connectivity index (χ1v) is 8.05. The number of hydrogen-bond acceptors (Lipinski definition) is 3. The van der Waals surface area contributed by atoms with E-state index in [2.05, 4.69) is 9.82 Å². The van der Waals surface area contributed by atoms with Crippen LogP contribution in [0.25, 0.3) is 0 Å². The Morgan fingerprint density at radius 3 is 2.52 bits per heavy atom. The predicted molar refractivity (Wildman–Crippen MR) is 78.0 cm³/mol. The second-order valence-electron chi connectivity index (χ2n) is 4.96. The number of rotatable bonds is 5. The molecule has 0 amide bonds. The van der Waals surface area contributed by atoms with Gasteiger partial charge in [-0.3, -0.25) is 4.68 Å². The zero-order valence-electron chi connectivity index (χ0n) is 12.2. The number of aryl methyl sites for hydroxylation is 3. The molecule has 0 saturated carbocycles. The molecule has 0 atom stereocenters. The van der Waals surface area contributed by atoms with Crippen LogP contribution in [0, 0.1) is 26.6 Å². The fourth-order valence-corrected chi connectivity index (χ4v) is 3.42. The Hall–Kier alpha value is -1.73. The summed E-state index contributed by atoms with van der Waals surface area (Å²) >= 11 is 0. The van der Waals surface area contributed by atoms with Crippen LogP contribution >= 0.6 is 0 Å². The lowest BCUT2D eigenvalue weighted by molar-refractivity contribution is 0.553. The first kappa shape index (κ1) is 15.7. The lowest BCUT2D eigenvalue weighted by atomic mass is 10.2. The van der Waals surface area contributed by atoms with Crippen molar-refractivity contribution in [3.63, 3.8) is 0 Å². The number of benzene rings is 1. The number of hydrogen-bond donors (Lipinski definition) is 1. The van der Waals surface area contributed by atoms with E-state index < -0.39 is 15.8 Å². The number of sulfonamides is 1. The van der Waals surface area contributed by atoms with Crippen molar-refractivity contribution in [1.29, 1.82) is 0 Å². The van der Waals surface area contributed by atoms with Crippen LogP contribution in [0.5, 0.6) is 0 Å². The minimum atomic E-state index is -3.64. The van der Waals surface area contributed by atoms with Gasteiger partial charge >= 0.3 is 0 Å². The predicted octanol–water partition coefficient (Wildman–Crippen LogP) is 1.93. The summed E-state index contributed by atoms with van der Waals surface area (Å²) < 4.78 is 41.6. The highest BCUT2D eigenvalue weighted by Gasteiger charge is 2.16. The van der Waals surface area contributed by atoms with Gasteiger partial charge < -0.3 is 0 Å². The molecule has 5 nitrogen and oxygen atoms in total. The SMILES string of the molecule is Cc1cc(C)n(CCNS(=O)(=O)c2ccc(F)cc2C)n1. The van der Waals surface area contributed by atoms with Crippen molar-refractivity contribution in [1.82, 2.24) is 14.5 Å². The van der Waals surface area contributed by atoms with Gasteiger partial charge in [-0.05, 0) is 50.6 Å². The van der Waals surface area contributed by atoms with Crippen molar-refractivity contribution in [2.45, 2.75) is 32.2 Å². The molecule has 0 aliphatic rings. The highest BCUT2D eigenvalue weighted by Crippen LogP contribution is 2.15. The standard InChI is InChI=1S/C14H18FN3O2S/c1-10-8-13(15)4-5-14(10)21(19,20)16-6-7-18-12(3)9-11(2)17-18/h4-5,8-9,16H,6-7H2,1-3H3. The van der Waals surface area contributed by atoms with Crippen molar-refractivity contribution < 1.29 is 12.8 Å². The second-order valence-corrected chi connectivity index (χ2v) is 6.69. The number of nitrogens with zero attached hydrogens (tertiary/aromatic N) is 2. The Morgan fingerprint density at radius 1 is 1.24 bits per heavy atom. The lowest BCUT2D eigenvalue weighted by Crippen LogP contribution is -2.28. The van der Waals surface area contributed by atoms with E-state index in [0.29, 0.717) is 12.1 Å². The smallest absolute Gasteiger partial charge is 0.240 e. The van der Waals surface area contributed by atoms with Gasteiger partial charge in [0.1, 0.15) is 5.82 Å².